The molecule has 6 heteroatoms. The predicted molar refractivity (Wildman–Crippen MR) is 126 cm³/mol. The van der Waals surface area contributed by atoms with Crippen molar-refractivity contribution in [2.75, 3.05) is 5.32 Å². The first-order valence-electron chi connectivity index (χ1n) is 10.00. The van der Waals surface area contributed by atoms with Gasteiger partial charge in [-0.1, -0.05) is 41.9 Å². The molecule has 5 rings (SSSR count). The predicted octanol–water partition coefficient (Wildman–Crippen LogP) is 6.47. The van der Waals surface area contributed by atoms with Crippen molar-refractivity contribution in [3.05, 3.63) is 95.4 Å². The van der Waals surface area contributed by atoms with Crippen LogP contribution >= 0.6 is 11.6 Å². The van der Waals surface area contributed by atoms with E-state index in [1.54, 1.807) is 4.52 Å². The first-order chi connectivity index (χ1) is 15.1. The van der Waals surface area contributed by atoms with Crippen molar-refractivity contribution in [3.63, 3.8) is 0 Å². The second kappa shape index (κ2) is 7.85. The Labute approximate surface area is 185 Å². The van der Waals surface area contributed by atoms with Crippen LogP contribution in [0.5, 0.6) is 0 Å². The molecule has 0 aliphatic carbocycles. The van der Waals surface area contributed by atoms with E-state index in [0.29, 0.717) is 11.0 Å². The number of anilines is 2. The fourth-order valence-electron chi connectivity index (χ4n) is 3.73. The highest BCUT2D eigenvalue weighted by Crippen LogP contribution is 2.31. The molecule has 0 unspecified atom stereocenters. The lowest BCUT2D eigenvalue weighted by Crippen LogP contribution is -1.93. The number of aryl methyl sites for hydroxylation is 2. The molecule has 0 aliphatic heterocycles. The molecule has 0 spiro atoms. The SMILES string of the molecule is Cc1cc(-c2ccc(Nc3nc4c(-c5ccccc5Cl)cccn4n3)cc2)cc(C)n1. The first-order valence-corrected chi connectivity index (χ1v) is 10.4. The molecular formula is C25H20ClN5. The van der Waals surface area contributed by atoms with Gasteiger partial charge in [-0.3, -0.25) is 4.98 Å². The number of rotatable bonds is 4. The number of pyridine rings is 2. The van der Waals surface area contributed by atoms with E-state index in [-0.39, 0.29) is 0 Å². The Kier molecular flexibility index (Phi) is 4.88. The van der Waals surface area contributed by atoms with Crippen LogP contribution in [-0.4, -0.2) is 19.6 Å². The smallest absolute Gasteiger partial charge is 0.247 e. The summed E-state index contributed by atoms with van der Waals surface area (Å²) in [7, 11) is 0. The molecule has 0 amide bonds. The third-order valence-corrected chi connectivity index (χ3v) is 5.41. The molecule has 0 bridgehead atoms. The van der Waals surface area contributed by atoms with Crippen LogP contribution < -0.4 is 5.32 Å². The van der Waals surface area contributed by atoms with Crippen molar-refractivity contribution in [2.45, 2.75) is 13.8 Å². The second-order valence-electron chi connectivity index (χ2n) is 7.45. The summed E-state index contributed by atoms with van der Waals surface area (Å²) in [5.41, 5.74) is 7.86. The van der Waals surface area contributed by atoms with Crippen LogP contribution in [0.25, 0.3) is 27.9 Å². The van der Waals surface area contributed by atoms with Gasteiger partial charge in [-0.2, -0.15) is 4.98 Å². The Bertz CT molecular complexity index is 1370. The van der Waals surface area contributed by atoms with Gasteiger partial charge in [0.25, 0.3) is 0 Å². The monoisotopic (exact) mass is 425 g/mol. The lowest BCUT2D eigenvalue weighted by atomic mass is 10.0. The zero-order chi connectivity index (χ0) is 21.4. The molecule has 0 radical (unpaired) electrons. The minimum absolute atomic E-state index is 0.530. The first kappa shape index (κ1) is 19.3. The van der Waals surface area contributed by atoms with Gasteiger partial charge in [0.05, 0.1) is 0 Å². The number of halogens is 1. The van der Waals surface area contributed by atoms with Crippen LogP contribution in [0.15, 0.2) is 79.0 Å². The molecule has 5 nitrogen and oxygen atoms in total. The standard InChI is InChI=1S/C25H20ClN5/c1-16-14-19(15-17(2)27-16)18-9-11-20(12-10-18)28-25-29-24-22(7-5-13-31(24)30-25)21-6-3-4-8-23(21)26/h3-15H,1-2H3,(H,28,30). The van der Waals surface area contributed by atoms with Gasteiger partial charge in [0.2, 0.25) is 5.95 Å². The topological polar surface area (TPSA) is 55.1 Å². The molecule has 152 valence electrons. The Balaban J connectivity index is 1.45. The number of fused-ring (bicyclic) bond motifs is 1. The average Bonchev–Trinajstić information content (AvgIpc) is 3.16. The summed E-state index contributed by atoms with van der Waals surface area (Å²) >= 11 is 6.40. The molecular weight excluding hydrogens is 406 g/mol. The highest BCUT2D eigenvalue weighted by atomic mass is 35.5. The van der Waals surface area contributed by atoms with Gasteiger partial charge in [0.15, 0.2) is 5.65 Å². The fraction of sp³-hybridized carbons (Fsp3) is 0.0800. The van der Waals surface area contributed by atoms with Gasteiger partial charge >= 0.3 is 0 Å². The number of nitrogens with zero attached hydrogens (tertiary/aromatic N) is 4. The van der Waals surface area contributed by atoms with E-state index in [1.807, 2.05) is 68.6 Å². The zero-order valence-corrected chi connectivity index (χ0v) is 17.9. The van der Waals surface area contributed by atoms with E-state index in [2.05, 4.69) is 39.7 Å². The number of hydrogen-bond acceptors (Lipinski definition) is 4. The van der Waals surface area contributed by atoms with Gasteiger partial charge in [-0.05, 0) is 67.4 Å². The van der Waals surface area contributed by atoms with Crippen LogP contribution in [0, 0.1) is 13.8 Å². The molecule has 0 saturated carbocycles. The van der Waals surface area contributed by atoms with Crippen molar-refractivity contribution in [1.29, 1.82) is 0 Å². The lowest BCUT2D eigenvalue weighted by molar-refractivity contribution is 0.966. The van der Waals surface area contributed by atoms with E-state index in [4.69, 9.17) is 16.6 Å². The maximum absolute atomic E-state index is 6.40. The largest absolute Gasteiger partial charge is 0.323 e. The maximum Gasteiger partial charge on any atom is 0.247 e. The summed E-state index contributed by atoms with van der Waals surface area (Å²) in [6.07, 6.45) is 1.88. The van der Waals surface area contributed by atoms with Crippen molar-refractivity contribution in [2.24, 2.45) is 0 Å². The Morgan fingerprint density at radius 2 is 1.48 bits per heavy atom. The molecule has 3 aromatic heterocycles. The molecule has 0 fully saturated rings. The Morgan fingerprint density at radius 3 is 2.23 bits per heavy atom. The maximum atomic E-state index is 6.40. The van der Waals surface area contributed by atoms with E-state index >= 15 is 0 Å². The quantitative estimate of drug-likeness (QED) is 0.358. The van der Waals surface area contributed by atoms with Gasteiger partial charge in [0, 0.05) is 39.4 Å². The molecule has 2 aromatic carbocycles. The lowest BCUT2D eigenvalue weighted by Gasteiger charge is -2.07. The van der Waals surface area contributed by atoms with Crippen LogP contribution in [0.2, 0.25) is 5.02 Å². The molecule has 0 aliphatic rings. The zero-order valence-electron chi connectivity index (χ0n) is 17.2. The molecule has 5 aromatic rings. The molecule has 0 saturated heterocycles. The molecule has 31 heavy (non-hydrogen) atoms. The van der Waals surface area contributed by atoms with Gasteiger partial charge in [-0.25, -0.2) is 4.52 Å². The van der Waals surface area contributed by atoms with Gasteiger partial charge in [0.1, 0.15) is 0 Å². The van der Waals surface area contributed by atoms with E-state index in [1.165, 1.54) is 0 Å². The van der Waals surface area contributed by atoms with Crippen LogP contribution in [0.3, 0.4) is 0 Å². The van der Waals surface area contributed by atoms with E-state index in [9.17, 15) is 0 Å². The number of benzene rings is 2. The summed E-state index contributed by atoms with van der Waals surface area (Å²) in [6, 6.07) is 24.1. The Hall–Kier alpha value is -3.70. The Morgan fingerprint density at radius 1 is 0.774 bits per heavy atom. The third-order valence-electron chi connectivity index (χ3n) is 5.08. The summed E-state index contributed by atoms with van der Waals surface area (Å²) in [5.74, 6) is 0.530. The average molecular weight is 426 g/mol. The van der Waals surface area contributed by atoms with Crippen molar-refractivity contribution in [3.8, 4) is 22.3 Å². The van der Waals surface area contributed by atoms with Crippen molar-refractivity contribution in [1.82, 2.24) is 19.6 Å². The highest BCUT2D eigenvalue weighted by Gasteiger charge is 2.12. The molecule has 0 atom stereocenters. The minimum atomic E-state index is 0.530. The van der Waals surface area contributed by atoms with Crippen LogP contribution in [0.4, 0.5) is 11.6 Å². The number of aromatic nitrogens is 4. The normalized spacial score (nSPS) is 11.1. The fourth-order valence-corrected chi connectivity index (χ4v) is 3.96. The van der Waals surface area contributed by atoms with Crippen LogP contribution in [-0.2, 0) is 0 Å². The van der Waals surface area contributed by atoms with Gasteiger partial charge in [-0.15, -0.1) is 5.10 Å². The number of nitrogens with one attached hydrogen (secondary N) is 1. The summed E-state index contributed by atoms with van der Waals surface area (Å²) in [4.78, 5) is 9.15. The second-order valence-corrected chi connectivity index (χ2v) is 7.85. The highest BCUT2D eigenvalue weighted by molar-refractivity contribution is 6.33. The summed E-state index contributed by atoms with van der Waals surface area (Å²) < 4.78 is 1.76. The molecule has 3 heterocycles. The van der Waals surface area contributed by atoms with E-state index in [0.717, 1.165) is 45.0 Å². The van der Waals surface area contributed by atoms with E-state index < -0.39 is 0 Å². The third kappa shape index (κ3) is 3.88. The summed E-state index contributed by atoms with van der Waals surface area (Å²) in [6.45, 7) is 4.02. The minimum Gasteiger partial charge on any atom is -0.323 e. The summed E-state index contributed by atoms with van der Waals surface area (Å²) in [5, 5.41) is 8.56. The van der Waals surface area contributed by atoms with Crippen LogP contribution in [0.1, 0.15) is 11.4 Å². The van der Waals surface area contributed by atoms with Gasteiger partial charge < -0.3 is 5.32 Å². The van der Waals surface area contributed by atoms with Crippen molar-refractivity contribution < 1.29 is 0 Å². The molecule has 1 N–H and O–H groups in total. The van der Waals surface area contributed by atoms with Crippen molar-refractivity contribution >= 4 is 28.9 Å². The number of hydrogen-bond donors (Lipinski definition) is 1.